The standard InChI is InChI=1S/C24H36N2O5/c1-2-26-15-18(4-3-11-31-23(29)17-5-7-19(27)8-6-17)20-14-24(9-12-30-13-10-24)16-25-22(28)21(20)26/h15,17,19,27H,2-14,16H2,1H3,(H,25,28). The summed E-state index contributed by atoms with van der Waals surface area (Å²) in [4.78, 5) is 25.2. The highest BCUT2D eigenvalue weighted by Gasteiger charge is 2.39. The number of hydrogen-bond acceptors (Lipinski definition) is 5. The number of hydrogen-bond donors (Lipinski definition) is 2. The van der Waals surface area contributed by atoms with Gasteiger partial charge in [-0.1, -0.05) is 0 Å². The van der Waals surface area contributed by atoms with E-state index >= 15 is 0 Å². The van der Waals surface area contributed by atoms with Crippen LogP contribution in [0.4, 0.5) is 0 Å². The number of rotatable bonds is 6. The molecule has 1 aromatic heterocycles. The van der Waals surface area contributed by atoms with Crippen LogP contribution in [-0.2, 0) is 33.7 Å². The number of esters is 1. The van der Waals surface area contributed by atoms with Crippen molar-refractivity contribution in [3.63, 3.8) is 0 Å². The minimum Gasteiger partial charge on any atom is -0.465 e. The molecule has 1 saturated carbocycles. The molecule has 3 heterocycles. The van der Waals surface area contributed by atoms with Crippen molar-refractivity contribution in [3.05, 3.63) is 23.0 Å². The van der Waals surface area contributed by atoms with E-state index in [4.69, 9.17) is 9.47 Å². The van der Waals surface area contributed by atoms with E-state index in [0.717, 1.165) is 57.6 Å². The number of nitrogens with zero attached hydrogens (tertiary/aromatic N) is 1. The topological polar surface area (TPSA) is 89.8 Å². The van der Waals surface area contributed by atoms with Crippen LogP contribution in [0.3, 0.4) is 0 Å². The predicted molar refractivity (Wildman–Crippen MR) is 116 cm³/mol. The van der Waals surface area contributed by atoms with Gasteiger partial charge in [0.15, 0.2) is 0 Å². The Bertz CT molecular complexity index is 788. The fourth-order valence-electron chi connectivity index (χ4n) is 5.40. The SMILES string of the molecule is CCn1cc(CCCOC(=O)C2CCC(O)CC2)c2c1C(=O)NCC1(CCOCC1)C2. The Morgan fingerprint density at radius 3 is 2.74 bits per heavy atom. The summed E-state index contributed by atoms with van der Waals surface area (Å²) in [6.45, 7) is 5.44. The van der Waals surface area contributed by atoms with Crippen LogP contribution in [0.25, 0.3) is 0 Å². The third-order valence-corrected chi connectivity index (χ3v) is 7.42. The van der Waals surface area contributed by atoms with Crippen molar-refractivity contribution in [1.82, 2.24) is 9.88 Å². The maximum atomic E-state index is 12.9. The van der Waals surface area contributed by atoms with E-state index in [1.165, 1.54) is 11.1 Å². The van der Waals surface area contributed by atoms with Crippen molar-refractivity contribution in [3.8, 4) is 0 Å². The number of aliphatic hydroxyl groups excluding tert-OH is 1. The van der Waals surface area contributed by atoms with E-state index in [1.54, 1.807) is 0 Å². The highest BCUT2D eigenvalue weighted by Crippen LogP contribution is 2.38. The first-order chi connectivity index (χ1) is 15.0. The summed E-state index contributed by atoms with van der Waals surface area (Å²) < 4.78 is 13.2. The summed E-state index contributed by atoms with van der Waals surface area (Å²) >= 11 is 0. The smallest absolute Gasteiger partial charge is 0.308 e. The summed E-state index contributed by atoms with van der Waals surface area (Å²) in [6.07, 6.45) is 9.04. The number of carbonyl (C=O) groups excluding carboxylic acids is 2. The lowest BCUT2D eigenvalue weighted by atomic mass is 9.75. The minimum absolute atomic E-state index is 0.0254. The molecule has 1 saturated heterocycles. The molecule has 1 aromatic rings. The van der Waals surface area contributed by atoms with E-state index in [2.05, 4.69) is 23.0 Å². The average molecular weight is 433 g/mol. The summed E-state index contributed by atoms with van der Waals surface area (Å²) in [5.74, 6) is -0.173. The summed E-state index contributed by atoms with van der Waals surface area (Å²) in [6, 6.07) is 0. The average Bonchev–Trinajstić information content (AvgIpc) is 3.06. The van der Waals surface area contributed by atoms with Crippen LogP contribution in [0.15, 0.2) is 6.20 Å². The number of fused-ring (bicyclic) bond motifs is 1. The van der Waals surface area contributed by atoms with Gasteiger partial charge < -0.3 is 24.5 Å². The zero-order valence-electron chi connectivity index (χ0n) is 18.7. The molecule has 0 bridgehead atoms. The molecule has 0 atom stereocenters. The highest BCUT2D eigenvalue weighted by molar-refractivity contribution is 5.95. The molecular formula is C24H36N2O5. The predicted octanol–water partition coefficient (Wildman–Crippen LogP) is 2.62. The first-order valence-electron chi connectivity index (χ1n) is 11.9. The lowest BCUT2D eigenvalue weighted by Crippen LogP contribution is -2.40. The second-order valence-corrected chi connectivity index (χ2v) is 9.52. The van der Waals surface area contributed by atoms with Crippen molar-refractivity contribution in [2.45, 2.75) is 77.4 Å². The fraction of sp³-hybridized carbons (Fsp3) is 0.750. The van der Waals surface area contributed by atoms with Gasteiger partial charge in [-0.2, -0.15) is 0 Å². The van der Waals surface area contributed by atoms with E-state index in [-0.39, 0.29) is 29.3 Å². The van der Waals surface area contributed by atoms with Gasteiger partial charge in [0.2, 0.25) is 0 Å². The summed E-state index contributed by atoms with van der Waals surface area (Å²) in [7, 11) is 0. The van der Waals surface area contributed by atoms with Crippen LogP contribution >= 0.6 is 0 Å². The molecule has 172 valence electrons. The van der Waals surface area contributed by atoms with Crippen LogP contribution in [0.5, 0.6) is 0 Å². The van der Waals surface area contributed by atoms with Crippen LogP contribution < -0.4 is 5.32 Å². The molecule has 2 aliphatic heterocycles. The Hall–Kier alpha value is -1.86. The molecule has 4 rings (SSSR count). The molecule has 2 fully saturated rings. The van der Waals surface area contributed by atoms with Crippen molar-refractivity contribution < 1.29 is 24.2 Å². The van der Waals surface area contributed by atoms with Gasteiger partial charge in [0.1, 0.15) is 5.69 Å². The molecule has 2 N–H and O–H groups in total. The zero-order valence-corrected chi connectivity index (χ0v) is 18.7. The Morgan fingerprint density at radius 1 is 1.29 bits per heavy atom. The van der Waals surface area contributed by atoms with Crippen LogP contribution in [-0.4, -0.2) is 54.0 Å². The molecule has 0 radical (unpaired) electrons. The van der Waals surface area contributed by atoms with Gasteiger partial charge in [-0.15, -0.1) is 0 Å². The number of nitrogens with one attached hydrogen (secondary N) is 1. The molecule has 0 unspecified atom stereocenters. The molecule has 7 heteroatoms. The fourth-order valence-corrected chi connectivity index (χ4v) is 5.40. The Morgan fingerprint density at radius 2 is 2.03 bits per heavy atom. The van der Waals surface area contributed by atoms with Crippen molar-refractivity contribution in [2.24, 2.45) is 11.3 Å². The molecule has 3 aliphatic rings. The lowest BCUT2D eigenvalue weighted by molar-refractivity contribution is -0.150. The quantitative estimate of drug-likeness (QED) is 0.533. The van der Waals surface area contributed by atoms with Crippen molar-refractivity contribution >= 4 is 11.9 Å². The maximum absolute atomic E-state index is 12.9. The molecule has 0 aromatic carbocycles. The Kier molecular flexibility index (Phi) is 7.02. The third-order valence-electron chi connectivity index (χ3n) is 7.42. The molecule has 7 nitrogen and oxygen atoms in total. The zero-order chi connectivity index (χ0) is 21.8. The molecule has 1 spiro atoms. The number of aliphatic hydroxyl groups is 1. The van der Waals surface area contributed by atoms with E-state index in [0.29, 0.717) is 38.8 Å². The first-order valence-corrected chi connectivity index (χ1v) is 11.9. The van der Waals surface area contributed by atoms with E-state index in [1.807, 2.05) is 0 Å². The Balaban J connectivity index is 1.40. The maximum Gasteiger partial charge on any atom is 0.308 e. The minimum atomic E-state index is -0.266. The van der Waals surface area contributed by atoms with Gasteiger partial charge in [0.25, 0.3) is 5.91 Å². The van der Waals surface area contributed by atoms with Gasteiger partial charge in [0.05, 0.1) is 18.6 Å². The van der Waals surface area contributed by atoms with Crippen LogP contribution in [0.1, 0.15) is 73.5 Å². The van der Waals surface area contributed by atoms with Gasteiger partial charge in [-0.25, -0.2) is 0 Å². The largest absolute Gasteiger partial charge is 0.465 e. The van der Waals surface area contributed by atoms with Gasteiger partial charge in [-0.05, 0) is 81.3 Å². The second-order valence-electron chi connectivity index (χ2n) is 9.52. The highest BCUT2D eigenvalue weighted by atomic mass is 16.5. The number of amides is 1. The number of carbonyl (C=O) groups is 2. The molecule has 31 heavy (non-hydrogen) atoms. The normalized spacial score (nSPS) is 25.5. The summed E-state index contributed by atoms with van der Waals surface area (Å²) in [5.41, 5.74) is 3.26. The van der Waals surface area contributed by atoms with Crippen LogP contribution in [0.2, 0.25) is 0 Å². The van der Waals surface area contributed by atoms with Gasteiger partial charge in [0, 0.05) is 32.5 Å². The van der Waals surface area contributed by atoms with E-state index in [9.17, 15) is 14.7 Å². The first kappa shape index (κ1) is 22.3. The van der Waals surface area contributed by atoms with Gasteiger partial charge in [-0.3, -0.25) is 9.59 Å². The summed E-state index contributed by atoms with van der Waals surface area (Å²) in [5, 5.41) is 12.8. The number of ether oxygens (including phenoxy) is 2. The number of aryl methyl sites for hydroxylation is 2. The van der Waals surface area contributed by atoms with Crippen LogP contribution in [0, 0.1) is 11.3 Å². The Labute approximate surface area is 184 Å². The van der Waals surface area contributed by atoms with Crippen molar-refractivity contribution in [2.75, 3.05) is 26.4 Å². The van der Waals surface area contributed by atoms with Gasteiger partial charge >= 0.3 is 5.97 Å². The lowest BCUT2D eigenvalue weighted by Gasteiger charge is -2.36. The number of aromatic nitrogens is 1. The molecule has 1 aliphatic carbocycles. The third kappa shape index (κ3) is 4.98. The van der Waals surface area contributed by atoms with E-state index < -0.39 is 0 Å². The monoisotopic (exact) mass is 432 g/mol. The molecular weight excluding hydrogens is 396 g/mol. The molecule has 1 amide bonds. The van der Waals surface area contributed by atoms with Crippen molar-refractivity contribution in [1.29, 1.82) is 0 Å². The second kappa shape index (κ2) is 9.74.